The third-order valence-corrected chi connectivity index (χ3v) is 6.08. The molecule has 0 bridgehead atoms. The highest BCUT2D eigenvalue weighted by Crippen LogP contribution is 2.25. The van der Waals surface area contributed by atoms with Crippen molar-refractivity contribution in [1.29, 1.82) is 0 Å². The molecule has 2 N–H and O–H groups in total. The van der Waals surface area contributed by atoms with Gasteiger partial charge >= 0.3 is 0 Å². The summed E-state index contributed by atoms with van der Waals surface area (Å²) in [5.74, 6) is -0.111. The average molecular weight is 439 g/mol. The highest BCUT2D eigenvalue weighted by Gasteiger charge is 2.15. The van der Waals surface area contributed by atoms with Gasteiger partial charge in [0.1, 0.15) is 11.5 Å². The SMILES string of the molecule is O=[N+]([O-])c1ccc(-c2csc(=NC3CCCCC3)n2N=Cc2ccc(O)cc2O)cc1. The first-order valence-corrected chi connectivity index (χ1v) is 10.9. The van der Waals surface area contributed by atoms with E-state index in [1.165, 1.54) is 61.1 Å². The van der Waals surface area contributed by atoms with Gasteiger partial charge in [0.25, 0.3) is 5.69 Å². The molecule has 9 heteroatoms. The number of aromatic nitrogens is 1. The van der Waals surface area contributed by atoms with Crippen LogP contribution in [0.1, 0.15) is 37.7 Å². The molecule has 31 heavy (non-hydrogen) atoms. The molecule has 0 saturated heterocycles. The van der Waals surface area contributed by atoms with Crippen LogP contribution in [0.25, 0.3) is 11.3 Å². The summed E-state index contributed by atoms with van der Waals surface area (Å²) in [6, 6.07) is 10.9. The summed E-state index contributed by atoms with van der Waals surface area (Å²) >= 11 is 1.46. The summed E-state index contributed by atoms with van der Waals surface area (Å²) in [5, 5.41) is 37.0. The molecule has 160 valence electrons. The summed E-state index contributed by atoms with van der Waals surface area (Å²) in [6.45, 7) is 0. The van der Waals surface area contributed by atoms with Gasteiger partial charge in [0.2, 0.25) is 4.80 Å². The summed E-state index contributed by atoms with van der Waals surface area (Å²) in [5.41, 5.74) is 2.01. The molecule has 1 fully saturated rings. The predicted molar refractivity (Wildman–Crippen MR) is 120 cm³/mol. The maximum atomic E-state index is 11.0. The topological polar surface area (TPSA) is 113 Å². The lowest BCUT2D eigenvalue weighted by atomic mass is 9.96. The quantitative estimate of drug-likeness (QED) is 0.343. The Labute approximate surface area is 182 Å². The average Bonchev–Trinajstić information content (AvgIpc) is 3.16. The first-order chi connectivity index (χ1) is 15.0. The second-order valence-corrected chi connectivity index (χ2v) is 8.26. The Hall–Kier alpha value is -3.46. The Morgan fingerprint density at radius 3 is 2.52 bits per heavy atom. The van der Waals surface area contributed by atoms with Gasteiger partial charge in [0.05, 0.1) is 22.9 Å². The Balaban J connectivity index is 1.77. The van der Waals surface area contributed by atoms with E-state index in [0.717, 1.165) is 28.9 Å². The van der Waals surface area contributed by atoms with Gasteiger partial charge < -0.3 is 10.2 Å². The Morgan fingerprint density at radius 2 is 1.84 bits per heavy atom. The molecule has 2 aromatic carbocycles. The van der Waals surface area contributed by atoms with Crippen molar-refractivity contribution < 1.29 is 15.1 Å². The van der Waals surface area contributed by atoms with Crippen LogP contribution in [0.4, 0.5) is 5.69 Å². The minimum atomic E-state index is -0.430. The van der Waals surface area contributed by atoms with E-state index in [9.17, 15) is 20.3 Å². The molecule has 8 nitrogen and oxygen atoms in total. The van der Waals surface area contributed by atoms with E-state index in [2.05, 4.69) is 5.10 Å². The number of phenolic OH excluding ortho intramolecular Hbond substituents is 2. The van der Waals surface area contributed by atoms with Gasteiger partial charge in [-0.15, -0.1) is 11.3 Å². The fourth-order valence-corrected chi connectivity index (χ4v) is 4.49. The van der Waals surface area contributed by atoms with Crippen LogP contribution in [0.2, 0.25) is 0 Å². The molecule has 1 saturated carbocycles. The summed E-state index contributed by atoms with van der Waals surface area (Å²) in [6.07, 6.45) is 7.18. The van der Waals surface area contributed by atoms with Gasteiger partial charge in [-0.1, -0.05) is 19.3 Å². The molecule has 3 aromatic rings. The first kappa shape index (κ1) is 20.8. The minimum Gasteiger partial charge on any atom is -0.508 e. The van der Waals surface area contributed by atoms with Gasteiger partial charge in [0, 0.05) is 34.7 Å². The number of benzene rings is 2. The highest BCUT2D eigenvalue weighted by molar-refractivity contribution is 7.07. The second-order valence-electron chi connectivity index (χ2n) is 7.43. The molecule has 0 unspecified atom stereocenters. The van der Waals surface area contributed by atoms with Crippen molar-refractivity contribution in [2.45, 2.75) is 38.1 Å². The van der Waals surface area contributed by atoms with Crippen LogP contribution in [-0.4, -0.2) is 32.1 Å². The fraction of sp³-hybridized carbons (Fsp3) is 0.273. The monoisotopic (exact) mass is 438 g/mol. The number of thiazole rings is 1. The van der Waals surface area contributed by atoms with E-state index < -0.39 is 4.92 Å². The van der Waals surface area contributed by atoms with Crippen LogP contribution in [0, 0.1) is 10.1 Å². The normalized spacial score (nSPS) is 15.5. The van der Waals surface area contributed by atoms with Crippen molar-refractivity contribution in [1.82, 2.24) is 4.68 Å². The first-order valence-electron chi connectivity index (χ1n) is 10.1. The van der Waals surface area contributed by atoms with Gasteiger partial charge in [-0.25, -0.2) is 4.68 Å². The molecule has 0 spiro atoms. The van der Waals surface area contributed by atoms with E-state index in [4.69, 9.17) is 4.99 Å². The van der Waals surface area contributed by atoms with Crippen LogP contribution < -0.4 is 4.80 Å². The number of hydrogen-bond donors (Lipinski definition) is 2. The second kappa shape index (κ2) is 9.13. The summed E-state index contributed by atoms with van der Waals surface area (Å²) < 4.78 is 1.70. The number of rotatable bonds is 5. The largest absolute Gasteiger partial charge is 0.508 e. The lowest BCUT2D eigenvalue weighted by Crippen LogP contribution is -2.19. The van der Waals surface area contributed by atoms with Crippen LogP contribution in [0.3, 0.4) is 0 Å². The van der Waals surface area contributed by atoms with E-state index >= 15 is 0 Å². The van der Waals surface area contributed by atoms with Crippen LogP contribution in [0.15, 0.2) is 57.9 Å². The lowest BCUT2D eigenvalue weighted by Gasteiger charge is -2.16. The van der Waals surface area contributed by atoms with Crippen LogP contribution >= 0.6 is 11.3 Å². The number of non-ortho nitro benzene ring substituents is 1. The molecule has 0 atom stereocenters. The van der Waals surface area contributed by atoms with Crippen LogP contribution in [-0.2, 0) is 0 Å². The molecule has 1 heterocycles. The molecule has 4 rings (SSSR count). The molecular weight excluding hydrogens is 416 g/mol. The maximum absolute atomic E-state index is 11.0. The molecular formula is C22H22N4O4S. The van der Waals surface area contributed by atoms with Gasteiger partial charge in [-0.05, 0) is 37.1 Å². The third kappa shape index (κ3) is 4.83. The van der Waals surface area contributed by atoms with Gasteiger partial charge in [-0.2, -0.15) is 5.10 Å². The third-order valence-electron chi connectivity index (χ3n) is 5.25. The summed E-state index contributed by atoms with van der Waals surface area (Å²) in [4.78, 5) is 16.2. The zero-order valence-electron chi connectivity index (χ0n) is 16.7. The van der Waals surface area contributed by atoms with Crippen molar-refractivity contribution >= 4 is 23.2 Å². The number of aromatic hydroxyl groups is 2. The van der Waals surface area contributed by atoms with Crippen molar-refractivity contribution in [3.63, 3.8) is 0 Å². The Morgan fingerprint density at radius 1 is 1.10 bits per heavy atom. The van der Waals surface area contributed by atoms with E-state index in [-0.39, 0.29) is 23.2 Å². The van der Waals surface area contributed by atoms with Gasteiger partial charge in [0.15, 0.2) is 0 Å². The molecule has 1 aromatic heterocycles. The molecule has 1 aliphatic carbocycles. The zero-order chi connectivity index (χ0) is 21.8. The highest BCUT2D eigenvalue weighted by atomic mass is 32.1. The Kier molecular flexibility index (Phi) is 6.13. The number of nitro benzene ring substituents is 1. The standard InChI is InChI=1S/C22H22N4O4S/c27-19-11-8-16(21(28)12-19)13-23-25-20(15-6-9-18(10-7-15)26(29)30)14-31-22(25)24-17-4-2-1-3-5-17/h6-14,17,27-28H,1-5H2. The number of nitro groups is 1. The molecule has 1 aliphatic rings. The van der Waals surface area contributed by atoms with E-state index in [1.807, 2.05) is 5.38 Å². The maximum Gasteiger partial charge on any atom is 0.269 e. The number of nitrogens with zero attached hydrogens (tertiary/aromatic N) is 4. The van der Waals surface area contributed by atoms with Crippen molar-refractivity contribution in [2.75, 3.05) is 0 Å². The van der Waals surface area contributed by atoms with E-state index in [1.54, 1.807) is 22.9 Å². The lowest BCUT2D eigenvalue weighted by molar-refractivity contribution is -0.384. The van der Waals surface area contributed by atoms with Crippen molar-refractivity contribution in [3.05, 3.63) is 68.3 Å². The fourth-order valence-electron chi connectivity index (χ4n) is 3.58. The van der Waals surface area contributed by atoms with E-state index in [0.29, 0.717) is 5.56 Å². The Bertz CT molecular complexity index is 1170. The summed E-state index contributed by atoms with van der Waals surface area (Å²) in [7, 11) is 0. The van der Waals surface area contributed by atoms with Crippen molar-refractivity contribution in [2.24, 2.45) is 10.1 Å². The molecule has 0 aliphatic heterocycles. The predicted octanol–water partition coefficient (Wildman–Crippen LogP) is 4.65. The van der Waals surface area contributed by atoms with Crippen molar-refractivity contribution in [3.8, 4) is 22.8 Å². The molecule has 0 amide bonds. The smallest absolute Gasteiger partial charge is 0.269 e. The number of hydrogen-bond acceptors (Lipinski definition) is 7. The minimum absolute atomic E-state index is 0.0233. The number of phenols is 2. The molecule has 0 radical (unpaired) electrons. The zero-order valence-corrected chi connectivity index (χ0v) is 17.5. The van der Waals surface area contributed by atoms with Crippen LogP contribution in [0.5, 0.6) is 11.5 Å². The van der Waals surface area contributed by atoms with Gasteiger partial charge in [-0.3, -0.25) is 15.1 Å².